The lowest BCUT2D eigenvalue weighted by atomic mass is 10.1. The Kier molecular flexibility index (Phi) is 7.13. The van der Waals surface area contributed by atoms with Crippen molar-refractivity contribution >= 4 is 17.7 Å². The van der Waals surface area contributed by atoms with E-state index >= 15 is 0 Å². The van der Waals surface area contributed by atoms with Crippen molar-refractivity contribution < 1.29 is 27.5 Å². The summed E-state index contributed by atoms with van der Waals surface area (Å²) in [5.41, 5.74) is -0.729. The number of ether oxygens (including phenoxy) is 1. The van der Waals surface area contributed by atoms with E-state index in [0.29, 0.717) is 5.82 Å². The first kappa shape index (κ1) is 22.1. The number of carbonyl (C=O) groups is 2. The van der Waals surface area contributed by atoms with Gasteiger partial charge in [-0.05, 0) is 47.0 Å². The molecule has 0 radical (unpaired) electrons. The summed E-state index contributed by atoms with van der Waals surface area (Å²) in [4.78, 5) is 26.1. The predicted octanol–water partition coefficient (Wildman–Crippen LogP) is 2.84. The number of tetrazole rings is 1. The Hall–Kier alpha value is -3.18. The van der Waals surface area contributed by atoms with Gasteiger partial charge in [0, 0.05) is 12.7 Å². The number of amides is 2. The minimum atomic E-state index is -4.47. The molecule has 12 heteroatoms. The number of benzene rings is 1. The monoisotopic (exact) mass is 414 g/mol. The molecule has 9 nitrogen and oxygen atoms in total. The number of nitrogens with one attached hydrogen (secondary N) is 2. The van der Waals surface area contributed by atoms with Gasteiger partial charge in [-0.3, -0.25) is 10.1 Å². The third-order valence-corrected chi connectivity index (χ3v) is 3.82. The summed E-state index contributed by atoms with van der Waals surface area (Å²) in [6.45, 7) is 3.81. The zero-order valence-corrected chi connectivity index (χ0v) is 16.0. The van der Waals surface area contributed by atoms with Crippen LogP contribution in [0.2, 0.25) is 0 Å². The lowest BCUT2D eigenvalue weighted by Gasteiger charge is -2.24. The van der Waals surface area contributed by atoms with Crippen molar-refractivity contribution in [2.24, 2.45) is 5.92 Å². The maximum absolute atomic E-state index is 12.7. The fourth-order valence-electron chi connectivity index (χ4n) is 2.44. The van der Waals surface area contributed by atoms with Gasteiger partial charge in [0.2, 0.25) is 0 Å². The molecule has 1 heterocycles. The highest BCUT2D eigenvalue weighted by molar-refractivity contribution is 5.88. The van der Waals surface area contributed by atoms with Crippen LogP contribution in [0.25, 0.3) is 0 Å². The topological polar surface area (TPSA) is 113 Å². The van der Waals surface area contributed by atoms with Gasteiger partial charge in [-0.1, -0.05) is 13.8 Å². The number of aromatic amines is 1. The fourth-order valence-corrected chi connectivity index (χ4v) is 2.44. The Balaban J connectivity index is 2.01. The molecule has 0 aliphatic carbocycles. The molecule has 1 aromatic carbocycles. The van der Waals surface area contributed by atoms with E-state index in [2.05, 4.69) is 25.9 Å². The summed E-state index contributed by atoms with van der Waals surface area (Å²) >= 11 is 0. The average molecular weight is 414 g/mol. The minimum Gasteiger partial charge on any atom is -0.436 e. The van der Waals surface area contributed by atoms with Crippen LogP contribution < -0.4 is 5.32 Å². The first-order chi connectivity index (χ1) is 13.6. The highest BCUT2D eigenvalue weighted by Crippen LogP contribution is 2.29. The molecule has 2 N–H and O–H groups in total. The van der Waals surface area contributed by atoms with Crippen LogP contribution in [-0.2, 0) is 22.3 Å². The van der Waals surface area contributed by atoms with Crippen molar-refractivity contribution in [1.29, 1.82) is 0 Å². The lowest BCUT2D eigenvalue weighted by Crippen LogP contribution is -2.40. The number of likely N-dealkylation sites (N-methyl/N-ethyl adjacent to an activating group) is 1. The number of rotatable bonds is 7. The number of hydrogen-bond donors (Lipinski definition) is 2. The number of anilines is 1. The first-order valence-corrected chi connectivity index (χ1v) is 8.68. The number of halogens is 3. The Bertz CT molecular complexity index is 809. The number of carbonyl (C=O) groups excluding carboxylic acids is 2. The third-order valence-electron chi connectivity index (χ3n) is 3.82. The molecule has 0 aliphatic rings. The SMILES string of the molecule is CC(C)C[C@H](OC(=O)Nc1ccc(C(F)(F)F)cc1)C(=O)N(C)Cc1nnn[nH]1. The molecule has 29 heavy (non-hydrogen) atoms. The van der Waals surface area contributed by atoms with Gasteiger partial charge in [-0.15, -0.1) is 5.10 Å². The zero-order chi connectivity index (χ0) is 21.6. The predicted molar refractivity (Wildman–Crippen MR) is 95.4 cm³/mol. The van der Waals surface area contributed by atoms with Crippen LogP contribution in [0.3, 0.4) is 0 Å². The number of H-pyrrole nitrogens is 1. The van der Waals surface area contributed by atoms with Crippen LogP contribution in [0.15, 0.2) is 24.3 Å². The molecule has 2 rings (SSSR count). The Morgan fingerprint density at radius 2 is 1.90 bits per heavy atom. The zero-order valence-electron chi connectivity index (χ0n) is 16.0. The van der Waals surface area contributed by atoms with Gasteiger partial charge in [0.1, 0.15) is 0 Å². The van der Waals surface area contributed by atoms with E-state index in [1.807, 2.05) is 13.8 Å². The molecule has 158 valence electrons. The van der Waals surface area contributed by atoms with Crippen LogP contribution in [0.1, 0.15) is 31.7 Å². The van der Waals surface area contributed by atoms with E-state index in [4.69, 9.17) is 4.74 Å². The summed E-state index contributed by atoms with van der Waals surface area (Å²) in [5.74, 6) is -0.0563. The summed E-state index contributed by atoms with van der Waals surface area (Å²) in [6, 6.07) is 3.88. The minimum absolute atomic E-state index is 0.0446. The Morgan fingerprint density at radius 3 is 2.41 bits per heavy atom. The van der Waals surface area contributed by atoms with E-state index < -0.39 is 29.8 Å². The molecular formula is C17H21F3N6O3. The second-order valence-corrected chi connectivity index (χ2v) is 6.77. The largest absolute Gasteiger partial charge is 0.436 e. The van der Waals surface area contributed by atoms with Gasteiger partial charge in [0.05, 0.1) is 12.1 Å². The molecule has 0 bridgehead atoms. The smallest absolute Gasteiger partial charge is 0.416 e. The average Bonchev–Trinajstić information content (AvgIpc) is 3.12. The quantitative estimate of drug-likeness (QED) is 0.720. The number of aromatic nitrogens is 4. The van der Waals surface area contributed by atoms with Gasteiger partial charge >= 0.3 is 12.3 Å². The maximum Gasteiger partial charge on any atom is 0.416 e. The van der Waals surface area contributed by atoms with Crippen LogP contribution >= 0.6 is 0 Å². The lowest BCUT2D eigenvalue weighted by molar-refractivity contribution is -0.140. The van der Waals surface area contributed by atoms with Gasteiger partial charge in [-0.2, -0.15) is 13.2 Å². The van der Waals surface area contributed by atoms with Crippen molar-refractivity contribution in [2.45, 2.75) is 39.1 Å². The van der Waals surface area contributed by atoms with Crippen molar-refractivity contribution in [3.05, 3.63) is 35.7 Å². The molecule has 0 spiro atoms. The summed E-state index contributed by atoms with van der Waals surface area (Å²) in [7, 11) is 1.51. The van der Waals surface area contributed by atoms with E-state index in [0.717, 1.165) is 24.3 Å². The normalized spacial score (nSPS) is 12.5. The molecule has 2 amide bonds. The second kappa shape index (κ2) is 9.34. The van der Waals surface area contributed by atoms with Gasteiger partial charge < -0.3 is 9.64 Å². The molecular weight excluding hydrogens is 393 g/mol. The van der Waals surface area contributed by atoms with Crippen molar-refractivity contribution in [3.8, 4) is 0 Å². The van der Waals surface area contributed by atoms with Gasteiger partial charge in [0.25, 0.3) is 5.91 Å². The van der Waals surface area contributed by atoms with Gasteiger partial charge in [-0.25, -0.2) is 9.89 Å². The first-order valence-electron chi connectivity index (χ1n) is 8.68. The van der Waals surface area contributed by atoms with Crippen LogP contribution in [0.5, 0.6) is 0 Å². The third kappa shape index (κ3) is 6.73. The molecule has 0 aliphatic heterocycles. The Labute approximate surface area is 164 Å². The molecule has 1 aromatic heterocycles. The summed E-state index contributed by atoms with van der Waals surface area (Å²) in [5, 5.41) is 15.4. The van der Waals surface area contributed by atoms with Crippen molar-refractivity contribution in [3.63, 3.8) is 0 Å². The number of hydrogen-bond acceptors (Lipinski definition) is 6. The highest BCUT2D eigenvalue weighted by atomic mass is 19.4. The standard InChI is InChI=1S/C17H21F3N6O3/c1-10(2)8-13(15(27)26(3)9-14-22-24-25-23-14)29-16(28)21-12-6-4-11(5-7-12)17(18,19)20/h4-7,10,13H,8-9H2,1-3H3,(H,21,28)(H,22,23,24,25)/t13-/m0/s1. The summed E-state index contributed by atoms with van der Waals surface area (Å²) in [6.07, 6.45) is -6.24. The molecule has 2 aromatic rings. The second-order valence-electron chi connectivity index (χ2n) is 6.77. The molecule has 0 saturated carbocycles. The Morgan fingerprint density at radius 1 is 1.24 bits per heavy atom. The number of alkyl halides is 3. The molecule has 0 fully saturated rings. The molecule has 0 saturated heterocycles. The van der Waals surface area contributed by atoms with E-state index in [9.17, 15) is 22.8 Å². The van der Waals surface area contributed by atoms with Crippen LogP contribution in [0.4, 0.5) is 23.7 Å². The fraction of sp³-hybridized carbons (Fsp3) is 0.471. The number of nitrogens with zero attached hydrogens (tertiary/aromatic N) is 4. The molecule has 0 unspecified atom stereocenters. The van der Waals surface area contributed by atoms with E-state index in [1.54, 1.807) is 0 Å². The summed E-state index contributed by atoms with van der Waals surface area (Å²) < 4.78 is 43.1. The van der Waals surface area contributed by atoms with Gasteiger partial charge in [0.15, 0.2) is 11.9 Å². The van der Waals surface area contributed by atoms with Crippen LogP contribution in [0, 0.1) is 5.92 Å². The maximum atomic E-state index is 12.7. The highest BCUT2D eigenvalue weighted by Gasteiger charge is 2.30. The van der Waals surface area contributed by atoms with E-state index in [1.165, 1.54) is 11.9 Å². The van der Waals surface area contributed by atoms with E-state index in [-0.39, 0.29) is 24.6 Å². The van der Waals surface area contributed by atoms with Crippen molar-refractivity contribution in [1.82, 2.24) is 25.5 Å². The van der Waals surface area contributed by atoms with Crippen LogP contribution in [-0.4, -0.2) is 50.7 Å². The molecule has 1 atom stereocenters. The van der Waals surface area contributed by atoms with Crippen molar-refractivity contribution in [2.75, 3.05) is 12.4 Å².